The molecule has 17 heavy (non-hydrogen) atoms. The van der Waals surface area contributed by atoms with Crippen molar-refractivity contribution in [2.45, 2.75) is 18.9 Å². The maximum absolute atomic E-state index is 13.7. The largest absolute Gasteiger partial charge is 0.395 e. The number of rotatable bonds is 4. The van der Waals surface area contributed by atoms with E-state index in [4.69, 9.17) is 5.11 Å². The highest BCUT2D eigenvalue weighted by molar-refractivity contribution is 5.48. The Kier molecular flexibility index (Phi) is 4.34. The quantitative estimate of drug-likeness (QED) is 0.832. The molecule has 94 valence electrons. The molecule has 1 unspecified atom stereocenters. The smallest absolute Gasteiger partial charge is 0.146 e. The summed E-state index contributed by atoms with van der Waals surface area (Å²) in [6.45, 7) is 2.46. The molecule has 0 amide bonds. The number of hydrogen-bond donors (Lipinski definition) is 2. The Labute approximate surface area is 101 Å². The van der Waals surface area contributed by atoms with Gasteiger partial charge in [0.15, 0.2) is 0 Å². The zero-order chi connectivity index (χ0) is 12.1. The van der Waals surface area contributed by atoms with E-state index in [2.05, 4.69) is 10.2 Å². The van der Waals surface area contributed by atoms with Gasteiger partial charge in [-0.2, -0.15) is 0 Å². The highest BCUT2D eigenvalue weighted by Gasteiger charge is 2.21. The number of para-hydroxylation sites is 1. The number of halogens is 1. The number of piperidine rings is 1. The van der Waals surface area contributed by atoms with Crippen molar-refractivity contribution in [1.29, 1.82) is 0 Å². The highest BCUT2D eigenvalue weighted by atomic mass is 19.1. The third-order valence-electron chi connectivity index (χ3n) is 3.16. The molecular formula is C13H19FN2O. The number of hydrogen-bond acceptors (Lipinski definition) is 3. The third kappa shape index (κ3) is 3.17. The summed E-state index contributed by atoms with van der Waals surface area (Å²) in [4.78, 5) is 2.08. The second-order valence-corrected chi connectivity index (χ2v) is 4.41. The van der Waals surface area contributed by atoms with Crippen LogP contribution < -0.4 is 10.2 Å². The Bertz CT molecular complexity index is 359. The Hall–Kier alpha value is -1.13. The number of nitrogens with one attached hydrogen (secondary N) is 1. The van der Waals surface area contributed by atoms with E-state index in [9.17, 15) is 4.39 Å². The third-order valence-corrected chi connectivity index (χ3v) is 3.16. The molecule has 0 aromatic heterocycles. The van der Waals surface area contributed by atoms with Gasteiger partial charge in [0.05, 0.1) is 12.3 Å². The molecular weight excluding hydrogens is 219 g/mol. The van der Waals surface area contributed by atoms with Gasteiger partial charge < -0.3 is 15.3 Å². The summed E-state index contributed by atoms with van der Waals surface area (Å²) in [6, 6.07) is 7.24. The van der Waals surface area contributed by atoms with Gasteiger partial charge in [-0.3, -0.25) is 0 Å². The second kappa shape index (κ2) is 5.98. The number of nitrogens with zero attached hydrogens (tertiary/aromatic N) is 1. The summed E-state index contributed by atoms with van der Waals surface area (Å²) in [7, 11) is 0. The van der Waals surface area contributed by atoms with Crippen LogP contribution in [-0.2, 0) is 0 Å². The molecule has 0 saturated carbocycles. The van der Waals surface area contributed by atoms with Crippen LogP contribution in [0.25, 0.3) is 0 Å². The highest BCUT2D eigenvalue weighted by Crippen LogP contribution is 2.22. The average Bonchev–Trinajstić information content (AvgIpc) is 2.37. The molecule has 1 atom stereocenters. The summed E-state index contributed by atoms with van der Waals surface area (Å²) in [6.07, 6.45) is 2.14. The first-order valence-electron chi connectivity index (χ1n) is 6.15. The van der Waals surface area contributed by atoms with Crippen molar-refractivity contribution in [2.24, 2.45) is 0 Å². The molecule has 0 spiro atoms. The predicted molar refractivity (Wildman–Crippen MR) is 66.7 cm³/mol. The lowest BCUT2D eigenvalue weighted by Gasteiger charge is -2.35. The van der Waals surface area contributed by atoms with E-state index in [-0.39, 0.29) is 12.4 Å². The minimum absolute atomic E-state index is 0.149. The maximum atomic E-state index is 13.7. The zero-order valence-electron chi connectivity index (χ0n) is 9.90. The Morgan fingerprint density at radius 3 is 3.00 bits per heavy atom. The van der Waals surface area contributed by atoms with Crippen LogP contribution in [0.3, 0.4) is 0 Å². The molecule has 3 nitrogen and oxygen atoms in total. The summed E-state index contributed by atoms with van der Waals surface area (Å²) >= 11 is 0. The van der Waals surface area contributed by atoms with Crippen molar-refractivity contribution in [3.8, 4) is 0 Å². The normalized spacial score (nSPS) is 20.6. The molecule has 0 bridgehead atoms. The molecule has 2 rings (SSSR count). The molecule has 1 fully saturated rings. The van der Waals surface area contributed by atoms with Crippen LogP contribution >= 0.6 is 0 Å². The van der Waals surface area contributed by atoms with E-state index in [1.807, 2.05) is 12.1 Å². The molecule has 2 N–H and O–H groups in total. The van der Waals surface area contributed by atoms with Gasteiger partial charge in [0.2, 0.25) is 0 Å². The van der Waals surface area contributed by atoms with Gasteiger partial charge in [-0.15, -0.1) is 0 Å². The van der Waals surface area contributed by atoms with Gasteiger partial charge in [-0.05, 0) is 25.0 Å². The molecule has 4 heteroatoms. The minimum atomic E-state index is -0.157. The number of aliphatic hydroxyl groups is 1. The fourth-order valence-electron chi connectivity index (χ4n) is 2.34. The van der Waals surface area contributed by atoms with Crippen LogP contribution in [0.4, 0.5) is 10.1 Å². The first-order valence-corrected chi connectivity index (χ1v) is 6.15. The van der Waals surface area contributed by atoms with Crippen LogP contribution in [0.2, 0.25) is 0 Å². The predicted octanol–water partition coefficient (Wildman–Crippen LogP) is 1.38. The van der Waals surface area contributed by atoms with Gasteiger partial charge in [-0.25, -0.2) is 4.39 Å². The fraction of sp³-hybridized carbons (Fsp3) is 0.538. The number of benzene rings is 1. The van der Waals surface area contributed by atoms with Gasteiger partial charge >= 0.3 is 0 Å². The summed E-state index contributed by atoms with van der Waals surface area (Å²) in [5.74, 6) is -0.157. The summed E-state index contributed by atoms with van der Waals surface area (Å²) < 4.78 is 13.7. The Morgan fingerprint density at radius 2 is 2.24 bits per heavy atom. The lowest BCUT2D eigenvalue weighted by molar-refractivity contribution is 0.278. The Balaban J connectivity index is 1.99. The number of anilines is 1. The van der Waals surface area contributed by atoms with E-state index in [1.165, 1.54) is 6.07 Å². The van der Waals surface area contributed by atoms with Gasteiger partial charge in [0.1, 0.15) is 5.82 Å². The van der Waals surface area contributed by atoms with Crippen molar-refractivity contribution in [3.05, 3.63) is 30.1 Å². The lowest BCUT2D eigenvalue weighted by atomic mass is 10.0. The topological polar surface area (TPSA) is 35.5 Å². The Morgan fingerprint density at radius 1 is 1.41 bits per heavy atom. The fourth-order valence-corrected chi connectivity index (χ4v) is 2.34. The maximum Gasteiger partial charge on any atom is 0.146 e. The van der Waals surface area contributed by atoms with Crippen LogP contribution in [0.15, 0.2) is 24.3 Å². The van der Waals surface area contributed by atoms with Crippen LogP contribution in [0.1, 0.15) is 12.8 Å². The average molecular weight is 238 g/mol. The van der Waals surface area contributed by atoms with Crippen molar-refractivity contribution in [1.82, 2.24) is 5.32 Å². The summed E-state index contributed by atoms with van der Waals surface area (Å²) in [5, 5.41) is 12.1. The molecule has 1 aliphatic rings. The van der Waals surface area contributed by atoms with Crippen molar-refractivity contribution < 1.29 is 9.50 Å². The van der Waals surface area contributed by atoms with E-state index in [1.54, 1.807) is 6.07 Å². The van der Waals surface area contributed by atoms with Crippen LogP contribution in [0.5, 0.6) is 0 Å². The SMILES string of the molecule is OCCNC1CCCN(c2ccccc2F)C1. The molecule has 1 heterocycles. The first-order chi connectivity index (χ1) is 8.31. The van der Waals surface area contributed by atoms with Crippen molar-refractivity contribution in [2.75, 3.05) is 31.1 Å². The van der Waals surface area contributed by atoms with Crippen LogP contribution in [-0.4, -0.2) is 37.4 Å². The van der Waals surface area contributed by atoms with E-state index in [0.717, 1.165) is 25.9 Å². The summed E-state index contributed by atoms with van der Waals surface area (Å²) in [5.41, 5.74) is 0.683. The second-order valence-electron chi connectivity index (χ2n) is 4.41. The van der Waals surface area contributed by atoms with E-state index < -0.39 is 0 Å². The van der Waals surface area contributed by atoms with Gasteiger partial charge in [0, 0.05) is 25.7 Å². The zero-order valence-corrected chi connectivity index (χ0v) is 9.90. The molecule has 0 aliphatic carbocycles. The lowest BCUT2D eigenvalue weighted by Crippen LogP contribution is -2.46. The van der Waals surface area contributed by atoms with E-state index in [0.29, 0.717) is 18.3 Å². The molecule has 1 aliphatic heterocycles. The van der Waals surface area contributed by atoms with Gasteiger partial charge in [0.25, 0.3) is 0 Å². The van der Waals surface area contributed by atoms with Crippen LogP contribution in [0, 0.1) is 5.82 Å². The van der Waals surface area contributed by atoms with Crippen molar-refractivity contribution >= 4 is 5.69 Å². The molecule has 1 aromatic rings. The van der Waals surface area contributed by atoms with Crippen molar-refractivity contribution in [3.63, 3.8) is 0 Å². The standard InChI is InChI=1S/C13H19FN2O/c14-12-5-1-2-6-13(12)16-8-3-4-11(10-16)15-7-9-17/h1-2,5-6,11,15,17H,3-4,7-10H2. The first kappa shape index (κ1) is 12.3. The number of aliphatic hydroxyl groups excluding tert-OH is 1. The minimum Gasteiger partial charge on any atom is -0.395 e. The molecule has 1 aromatic carbocycles. The molecule has 1 saturated heterocycles. The molecule has 0 radical (unpaired) electrons. The monoisotopic (exact) mass is 238 g/mol. The van der Waals surface area contributed by atoms with E-state index >= 15 is 0 Å². The van der Waals surface area contributed by atoms with Gasteiger partial charge in [-0.1, -0.05) is 12.1 Å².